The lowest BCUT2D eigenvalue weighted by Gasteiger charge is -2.43. The van der Waals surface area contributed by atoms with Crippen molar-refractivity contribution in [3.05, 3.63) is 71.9 Å². The summed E-state index contributed by atoms with van der Waals surface area (Å²) in [5.41, 5.74) is 1.28. The summed E-state index contributed by atoms with van der Waals surface area (Å²) in [5, 5.41) is 11.2. The molecule has 34 heavy (non-hydrogen) atoms. The van der Waals surface area contributed by atoms with Crippen molar-refractivity contribution in [2.75, 3.05) is 18.1 Å². The highest BCUT2D eigenvalue weighted by Gasteiger charge is 2.42. The Morgan fingerprint density at radius 3 is 2.56 bits per heavy atom. The summed E-state index contributed by atoms with van der Waals surface area (Å²) >= 11 is 0. The third-order valence-electron chi connectivity index (χ3n) is 5.79. The first kappa shape index (κ1) is 22.7. The number of nitrogens with one attached hydrogen (secondary N) is 1. The van der Waals surface area contributed by atoms with E-state index in [1.165, 1.54) is 24.3 Å². The van der Waals surface area contributed by atoms with Crippen LogP contribution in [0.2, 0.25) is 0 Å². The molecule has 0 bridgehead atoms. The third-order valence-corrected chi connectivity index (χ3v) is 7.30. The Bertz CT molecular complexity index is 1290. The zero-order valence-corrected chi connectivity index (χ0v) is 18.8. The maximum atomic E-state index is 13.9. The number of aliphatic hydroxyl groups is 1. The van der Waals surface area contributed by atoms with Gasteiger partial charge in [0.2, 0.25) is 10.0 Å². The molecule has 0 radical (unpaired) electrons. The number of benzene rings is 2. The molecule has 2 aromatic carbocycles. The molecule has 11 heteroatoms. The summed E-state index contributed by atoms with van der Waals surface area (Å²) in [4.78, 5) is 5.73. The fraction of sp³-hybridized carbons (Fsp3) is 0.261. The first-order chi connectivity index (χ1) is 16.2. The van der Waals surface area contributed by atoms with E-state index in [0.717, 1.165) is 23.9 Å². The number of hydrogen-bond donors (Lipinski definition) is 2. The quantitative estimate of drug-likeness (QED) is 0.581. The molecular weight excluding hydrogens is 468 g/mol. The molecule has 1 aromatic heterocycles. The van der Waals surface area contributed by atoms with Gasteiger partial charge in [0.1, 0.15) is 11.6 Å². The fourth-order valence-electron chi connectivity index (χ4n) is 4.10. The second-order valence-corrected chi connectivity index (χ2v) is 9.91. The average Bonchev–Trinajstić information content (AvgIpc) is 2.79. The van der Waals surface area contributed by atoms with E-state index in [0.29, 0.717) is 5.69 Å². The molecule has 1 saturated heterocycles. The molecule has 0 aliphatic carbocycles. The van der Waals surface area contributed by atoms with E-state index in [1.54, 1.807) is 17.0 Å². The second kappa shape index (κ2) is 8.58. The van der Waals surface area contributed by atoms with Gasteiger partial charge in [-0.2, -0.15) is 0 Å². The Hall–Kier alpha value is -3.12. The van der Waals surface area contributed by atoms with Gasteiger partial charge in [0, 0.05) is 12.1 Å². The van der Waals surface area contributed by atoms with Crippen LogP contribution >= 0.6 is 0 Å². The number of ether oxygens (including phenoxy) is 2. The Kier molecular flexibility index (Phi) is 5.72. The first-order valence-corrected chi connectivity index (χ1v) is 12.0. The zero-order valence-electron chi connectivity index (χ0n) is 18.0. The molecule has 3 heterocycles. The maximum Gasteiger partial charge on any atom is 0.240 e. The van der Waals surface area contributed by atoms with Crippen LogP contribution in [0, 0.1) is 18.6 Å². The molecule has 0 spiro atoms. The van der Waals surface area contributed by atoms with E-state index in [-0.39, 0.29) is 35.4 Å². The summed E-state index contributed by atoms with van der Waals surface area (Å²) in [6.45, 7) is 1.79. The lowest BCUT2D eigenvalue weighted by molar-refractivity contribution is -0.0246. The fourth-order valence-corrected chi connectivity index (χ4v) is 5.34. The van der Waals surface area contributed by atoms with Crippen LogP contribution in [0.1, 0.15) is 5.56 Å². The molecule has 0 unspecified atom stereocenters. The number of aromatic nitrogens is 1. The lowest BCUT2D eigenvalue weighted by atomic mass is 9.99. The normalized spacial score (nSPS) is 22.0. The molecule has 0 amide bonds. The zero-order chi connectivity index (χ0) is 24.0. The number of fused-ring (bicyclic) bond motifs is 2. The van der Waals surface area contributed by atoms with Crippen LogP contribution in [0.5, 0.6) is 11.5 Å². The highest BCUT2D eigenvalue weighted by Crippen LogP contribution is 2.47. The van der Waals surface area contributed by atoms with Crippen molar-refractivity contribution in [1.29, 1.82) is 0 Å². The molecule has 2 N–H and O–H groups in total. The minimum absolute atomic E-state index is 0.0131. The van der Waals surface area contributed by atoms with Gasteiger partial charge in [0.15, 0.2) is 17.3 Å². The molecular formula is C23H21F2N3O5S. The monoisotopic (exact) mass is 489 g/mol. The number of pyridine rings is 1. The highest BCUT2D eigenvalue weighted by atomic mass is 32.2. The average molecular weight is 490 g/mol. The second-order valence-electron chi connectivity index (χ2n) is 8.20. The predicted molar refractivity (Wildman–Crippen MR) is 119 cm³/mol. The molecule has 0 saturated carbocycles. The van der Waals surface area contributed by atoms with E-state index in [4.69, 9.17) is 9.47 Å². The highest BCUT2D eigenvalue weighted by molar-refractivity contribution is 7.89. The summed E-state index contributed by atoms with van der Waals surface area (Å²) in [6.07, 6.45) is -0.248. The number of nitrogens with zero attached hydrogens (tertiary/aromatic N) is 2. The Labute approximate surface area is 194 Å². The van der Waals surface area contributed by atoms with E-state index in [2.05, 4.69) is 9.71 Å². The van der Waals surface area contributed by atoms with Gasteiger partial charge < -0.3 is 19.5 Å². The molecule has 2 aliphatic heterocycles. The van der Waals surface area contributed by atoms with Crippen molar-refractivity contribution < 1.29 is 31.8 Å². The Balaban J connectivity index is 1.49. The summed E-state index contributed by atoms with van der Waals surface area (Å²) in [6, 6.07) is 9.42. The molecule has 8 nitrogen and oxygen atoms in total. The molecule has 3 aromatic rings. The third kappa shape index (κ3) is 4.11. The number of anilines is 2. The molecule has 2 aliphatic rings. The van der Waals surface area contributed by atoms with Crippen LogP contribution in [0.4, 0.5) is 20.3 Å². The topological polar surface area (TPSA) is 101 Å². The van der Waals surface area contributed by atoms with Crippen LogP contribution in [-0.2, 0) is 14.8 Å². The van der Waals surface area contributed by atoms with E-state index in [1.807, 2.05) is 6.92 Å². The molecule has 5 rings (SSSR count). The van der Waals surface area contributed by atoms with E-state index >= 15 is 0 Å². The van der Waals surface area contributed by atoms with Crippen LogP contribution in [-0.4, -0.2) is 49.9 Å². The smallest absolute Gasteiger partial charge is 0.240 e. The lowest BCUT2D eigenvalue weighted by Crippen LogP contribution is -2.60. The maximum absolute atomic E-state index is 13.9. The minimum atomic E-state index is -3.94. The van der Waals surface area contributed by atoms with Gasteiger partial charge in [-0.25, -0.2) is 26.9 Å². The van der Waals surface area contributed by atoms with Crippen molar-refractivity contribution in [3.8, 4) is 11.5 Å². The van der Waals surface area contributed by atoms with Gasteiger partial charge in [-0.3, -0.25) is 0 Å². The van der Waals surface area contributed by atoms with Gasteiger partial charge in [-0.1, -0.05) is 17.7 Å². The van der Waals surface area contributed by atoms with Crippen molar-refractivity contribution in [2.24, 2.45) is 0 Å². The number of halogens is 2. The van der Waals surface area contributed by atoms with Crippen LogP contribution < -0.4 is 14.4 Å². The Morgan fingerprint density at radius 1 is 1.06 bits per heavy atom. The van der Waals surface area contributed by atoms with E-state index < -0.39 is 39.8 Å². The predicted octanol–water partition coefficient (Wildman–Crippen LogP) is 3.02. The van der Waals surface area contributed by atoms with Crippen molar-refractivity contribution in [2.45, 2.75) is 30.0 Å². The SMILES string of the molecule is Cc1ccc(S(=O)(=O)N[C@@H]2COC[C@H](N3c4ccc(F)cc4Oc4cc(F)cnc43)[C@H]2O)cc1. The van der Waals surface area contributed by atoms with Crippen molar-refractivity contribution >= 4 is 21.5 Å². The summed E-state index contributed by atoms with van der Waals surface area (Å²) < 4.78 is 67.4. The Morgan fingerprint density at radius 2 is 1.79 bits per heavy atom. The van der Waals surface area contributed by atoms with Gasteiger partial charge >= 0.3 is 0 Å². The molecule has 1 fully saturated rings. The van der Waals surface area contributed by atoms with Crippen LogP contribution in [0.15, 0.2) is 59.6 Å². The van der Waals surface area contributed by atoms with Gasteiger partial charge in [-0.05, 0) is 31.2 Å². The van der Waals surface area contributed by atoms with Gasteiger partial charge in [-0.15, -0.1) is 0 Å². The van der Waals surface area contributed by atoms with Gasteiger partial charge in [0.25, 0.3) is 0 Å². The standard InChI is InChI=1S/C23H21F2N3O5S/c1-13-2-5-16(6-3-13)34(30,31)27-17-11-32-12-19(22(17)29)28-18-7-4-14(24)8-20(18)33-21-9-15(25)10-26-23(21)28/h2-10,17,19,22,27,29H,11-12H2,1H3/t17-,19+,22+/m1/s1. The van der Waals surface area contributed by atoms with Crippen molar-refractivity contribution in [1.82, 2.24) is 9.71 Å². The molecule has 178 valence electrons. The number of aliphatic hydroxyl groups excluding tert-OH is 1. The van der Waals surface area contributed by atoms with E-state index in [9.17, 15) is 22.3 Å². The number of rotatable bonds is 4. The minimum Gasteiger partial charge on any atom is -0.451 e. The summed E-state index contributed by atoms with van der Waals surface area (Å²) in [5.74, 6) is -0.879. The van der Waals surface area contributed by atoms with Crippen LogP contribution in [0.25, 0.3) is 0 Å². The number of aryl methyl sites for hydroxylation is 1. The van der Waals surface area contributed by atoms with Crippen molar-refractivity contribution in [3.63, 3.8) is 0 Å². The largest absolute Gasteiger partial charge is 0.451 e. The van der Waals surface area contributed by atoms with Crippen LogP contribution in [0.3, 0.4) is 0 Å². The summed E-state index contributed by atoms with van der Waals surface area (Å²) in [7, 11) is -3.94. The first-order valence-electron chi connectivity index (χ1n) is 10.5. The van der Waals surface area contributed by atoms with Gasteiger partial charge in [0.05, 0.1) is 48.2 Å². The number of hydrogen-bond acceptors (Lipinski definition) is 7. The number of sulfonamides is 1. The molecule has 3 atom stereocenters.